The summed E-state index contributed by atoms with van der Waals surface area (Å²) in [4.78, 5) is 10.7. The summed E-state index contributed by atoms with van der Waals surface area (Å²) in [5.41, 5.74) is 0. The molecular weight excluding hydrogens is 142 g/mol. The standard InChI is InChI=1S/C8H15NO2/c1-2-8(10)11-6-7-3-4-9-5-7/h7,9H,2-6H2,1H3. The van der Waals surface area contributed by atoms with Gasteiger partial charge in [-0.25, -0.2) is 0 Å². The van der Waals surface area contributed by atoms with Crippen LogP contribution in [0.4, 0.5) is 0 Å². The molecule has 1 heterocycles. The molecule has 3 nitrogen and oxygen atoms in total. The topological polar surface area (TPSA) is 38.3 Å². The van der Waals surface area contributed by atoms with Crippen LogP contribution in [-0.4, -0.2) is 25.7 Å². The molecule has 0 aromatic heterocycles. The van der Waals surface area contributed by atoms with Crippen molar-refractivity contribution in [2.24, 2.45) is 5.92 Å². The zero-order chi connectivity index (χ0) is 8.10. The maximum absolute atomic E-state index is 10.7. The van der Waals surface area contributed by atoms with E-state index in [9.17, 15) is 4.79 Å². The van der Waals surface area contributed by atoms with Crippen LogP contribution in [-0.2, 0) is 9.53 Å². The highest BCUT2D eigenvalue weighted by molar-refractivity contribution is 5.68. The minimum atomic E-state index is -0.0862. The predicted octanol–water partition coefficient (Wildman–Crippen LogP) is 0.549. The van der Waals surface area contributed by atoms with Crippen molar-refractivity contribution in [3.63, 3.8) is 0 Å². The van der Waals surface area contributed by atoms with Crippen molar-refractivity contribution in [3.8, 4) is 0 Å². The van der Waals surface area contributed by atoms with Crippen molar-refractivity contribution in [3.05, 3.63) is 0 Å². The average Bonchev–Trinajstić information content (AvgIpc) is 2.52. The molecule has 0 radical (unpaired) electrons. The lowest BCUT2D eigenvalue weighted by Gasteiger charge is -2.07. The molecule has 0 aromatic rings. The summed E-state index contributed by atoms with van der Waals surface area (Å²) in [7, 11) is 0. The Morgan fingerprint density at radius 2 is 2.55 bits per heavy atom. The van der Waals surface area contributed by atoms with Crippen molar-refractivity contribution in [2.45, 2.75) is 19.8 Å². The van der Waals surface area contributed by atoms with E-state index in [1.165, 1.54) is 0 Å². The fourth-order valence-electron chi connectivity index (χ4n) is 1.17. The molecule has 1 N–H and O–H groups in total. The van der Waals surface area contributed by atoms with E-state index in [1.54, 1.807) is 0 Å². The van der Waals surface area contributed by atoms with E-state index in [0.29, 0.717) is 18.9 Å². The van der Waals surface area contributed by atoms with Crippen molar-refractivity contribution < 1.29 is 9.53 Å². The molecule has 1 rings (SSSR count). The SMILES string of the molecule is CCC(=O)OCC1CCNC1. The summed E-state index contributed by atoms with van der Waals surface area (Å²) in [6, 6.07) is 0. The van der Waals surface area contributed by atoms with E-state index in [2.05, 4.69) is 5.32 Å². The lowest BCUT2D eigenvalue weighted by Crippen LogP contribution is -2.16. The van der Waals surface area contributed by atoms with Gasteiger partial charge in [-0.05, 0) is 13.0 Å². The normalized spacial score (nSPS) is 23.5. The Morgan fingerprint density at radius 3 is 3.09 bits per heavy atom. The molecule has 0 aromatic carbocycles. The summed E-state index contributed by atoms with van der Waals surface area (Å²) in [6.07, 6.45) is 1.62. The summed E-state index contributed by atoms with van der Waals surface area (Å²) < 4.78 is 5.00. The average molecular weight is 157 g/mol. The largest absolute Gasteiger partial charge is 0.465 e. The summed E-state index contributed by atoms with van der Waals surface area (Å²) in [5.74, 6) is 0.461. The lowest BCUT2D eigenvalue weighted by atomic mass is 10.1. The third kappa shape index (κ3) is 2.89. The van der Waals surface area contributed by atoms with Crippen molar-refractivity contribution in [2.75, 3.05) is 19.7 Å². The maximum Gasteiger partial charge on any atom is 0.305 e. The minimum absolute atomic E-state index is 0.0862. The zero-order valence-corrected chi connectivity index (χ0v) is 6.93. The number of hydrogen-bond donors (Lipinski definition) is 1. The van der Waals surface area contributed by atoms with Gasteiger partial charge in [-0.2, -0.15) is 0 Å². The van der Waals surface area contributed by atoms with Gasteiger partial charge in [0.05, 0.1) is 6.61 Å². The lowest BCUT2D eigenvalue weighted by molar-refractivity contribution is -0.144. The number of nitrogens with one attached hydrogen (secondary N) is 1. The quantitative estimate of drug-likeness (QED) is 0.608. The van der Waals surface area contributed by atoms with Crippen LogP contribution in [0.25, 0.3) is 0 Å². The fourth-order valence-corrected chi connectivity index (χ4v) is 1.17. The van der Waals surface area contributed by atoms with Gasteiger partial charge in [-0.15, -0.1) is 0 Å². The Kier molecular flexibility index (Phi) is 3.36. The number of ether oxygens (including phenoxy) is 1. The van der Waals surface area contributed by atoms with E-state index in [1.807, 2.05) is 6.92 Å². The van der Waals surface area contributed by atoms with Crippen molar-refractivity contribution in [1.29, 1.82) is 0 Å². The summed E-state index contributed by atoms with van der Waals surface area (Å²) in [6.45, 7) is 4.47. The van der Waals surface area contributed by atoms with Gasteiger partial charge in [0, 0.05) is 18.9 Å². The first kappa shape index (κ1) is 8.53. The van der Waals surface area contributed by atoms with E-state index in [4.69, 9.17) is 4.74 Å². The molecule has 1 unspecified atom stereocenters. The second kappa shape index (κ2) is 4.34. The van der Waals surface area contributed by atoms with Crippen LogP contribution in [0.1, 0.15) is 19.8 Å². The highest BCUT2D eigenvalue weighted by Gasteiger charge is 2.15. The third-order valence-electron chi connectivity index (χ3n) is 1.93. The molecule has 1 saturated heterocycles. The first-order chi connectivity index (χ1) is 5.33. The monoisotopic (exact) mass is 157 g/mol. The van der Waals surface area contributed by atoms with Crippen LogP contribution < -0.4 is 5.32 Å². The Bertz CT molecular complexity index is 130. The van der Waals surface area contributed by atoms with Gasteiger partial charge in [-0.3, -0.25) is 4.79 Å². The van der Waals surface area contributed by atoms with Gasteiger partial charge in [0.1, 0.15) is 0 Å². The van der Waals surface area contributed by atoms with Crippen molar-refractivity contribution >= 4 is 5.97 Å². The second-order valence-corrected chi connectivity index (χ2v) is 2.90. The minimum Gasteiger partial charge on any atom is -0.465 e. The van der Waals surface area contributed by atoms with Crippen LogP contribution >= 0.6 is 0 Å². The smallest absolute Gasteiger partial charge is 0.305 e. The Morgan fingerprint density at radius 1 is 1.73 bits per heavy atom. The molecule has 0 amide bonds. The molecule has 1 aliphatic rings. The highest BCUT2D eigenvalue weighted by Crippen LogP contribution is 2.07. The van der Waals surface area contributed by atoms with Crippen LogP contribution in [0.15, 0.2) is 0 Å². The van der Waals surface area contributed by atoms with Gasteiger partial charge in [-0.1, -0.05) is 6.92 Å². The van der Waals surface area contributed by atoms with Gasteiger partial charge in [0.2, 0.25) is 0 Å². The Hall–Kier alpha value is -0.570. The van der Waals surface area contributed by atoms with E-state index < -0.39 is 0 Å². The molecule has 1 aliphatic heterocycles. The van der Waals surface area contributed by atoms with E-state index in [-0.39, 0.29) is 5.97 Å². The third-order valence-corrected chi connectivity index (χ3v) is 1.93. The van der Waals surface area contributed by atoms with Gasteiger partial charge in [0.15, 0.2) is 0 Å². The Balaban J connectivity index is 2.06. The van der Waals surface area contributed by atoms with E-state index >= 15 is 0 Å². The van der Waals surface area contributed by atoms with E-state index in [0.717, 1.165) is 19.5 Å². The molecule has 0 spiro atoms. The molecule has 11 heavy (non-hydrogen) atoms. The molecule has 0 bridgehead atoms. The number of hydrogen-bond acceptors (Lipinski definition) is 3. The van der Waals surface area contributed by atoms with Crippen LogP contribution in [0, 0.1) is 5.92 Å². The summed E-state index contributed by atoms with van der Waals surface area (Å²) in [5, 5.41) is 3.22. The molecule has 3 heteroatoms. The van der Waals surface area contributed by atoms with Crippen LogP contribution in [0.3, 0.4) is 0 Å². The molecule has 0 aliphatic carbocycles. The first-order valence-corrected chi connectivity index (χ1v) is 4.19. The van der Waals surface area contributed by atoms with Gasteiger partial charge in [0.25, 0.3) is 0 Å². The van der Waals surface area contributed by atoms with Crippen LogP contribution in [0.5, 0.6) is 0 Å². The fraction of sp³-hybridized carbons (Fsp3) is 0.875. The van der Waals surface area contributed by atoms with Crippen LogP contribution in [0.2, 0.25) is 0 Å². The number of esters is 1. The summed E-state index contributed by atoms with van der Waals surface area (Å²) >= 11 is 0. The highest BCUT2D eigenvalue weighted by atomic mass is 16.5. The number of carbonyl (C=O) groups excluding carboxylic acids is 1. The van der Waals surface area contributed by atoms with Gasteiger partial charge >= 0.3 is 5.97 Å². The molecule has 1 fully saturated rings. The second-order valence-electron chi connectivity index (χ2n) is 2.90. The Labute approximate surface area is 67.1 Å². The molecular formula is C8H15NO2. The van der Waals surface area contributed by atoms with Crippen molar-refractivity contribution in [1.82, 2.24) is 5.32 Å². The zero-order valence-electron chi connectivity index (χ0n) is 6.93. The molecule has 64 valence electrons. The predicted molar refractivity (Wildman–Crippen MR) is 42.2 cm³/mol. The maximum atomic E-state index is 10.7. The number of carbonyl (C=O) groups is 1. The molecule has 1 atom stereocenters. The first-order valence-electron chi connectivity index (χ1n) is 4.19. The van der Waals surface area contributed by atoms with Gasteiger partial charge < -0.3 is 10.1 Å². The molecule has 0 saturated carbocycles. The number of rotatable bonds is 3.